The maximum atomic E-state index is 11.7. The van der Waals surface area contributed by atoms with E-state index in [1.165, 1.54) is 0 Å². The predicted octanol–water partition coefficient (Wildman–Crippen LogP) is 2.22. The van der Waals surface area contributed by atoms with Crippen LogP contribution in [0.1, 0.15) is 59.3 Å². The topological polar surface area (TPSA) is 64.3 Å². The molecule has 0 aliphatic rings. The number of nitrogens with two attached hydrogens (primary N) is 1. The van der Waals surface area contributed by atoms with Crippen LogP contribution in [0.25, 0.3) is 0 Å². The smallest absolute Gasteiger partial charge is 0.220 e. The molecule has 0 aromatic carbocycles. The molecule has 0 aliphatic carbocycles. The van der Waals surface area contributed by atoms with Gasteiger partial charge in [-0.3, -0.25) is 4.79 Å². The van der Waals surface area contributed by atoms with Crippen LogP contribution in [0.15, 0.2) is 0 Å². The Morgan fingerprint density at radius 3 is 2.44 bits per heavy atom. The van der Waals surface area contributed by atoms with Crippen molar-refractivity contribution in [2.24, 2.45) is 5.73 Å². The highest BCUT2D eigenvalue weighted by Crippen LogP contribution is 2.15. The van der Waals surface area contributed by atoms with Gasteiger partial charge in [-0.15, -0.1) is 0 Å². The summed E-state index contributed by atoms with van der Waals surface area (Å²) in [5.41, 5.74) is 5.23. The van der Waals surface area contributed by atoms with Crippen LogP contribution in [0.4, 0.5) is 0 Å². The van der Waals surface area contributed by atoms with Gasteiger partial charge in [-0.05, 0) is 46.6 Å². The first-order valence-electron chi connectivity index (χ1n) is 6.96. The average Bonchev–Trinajstić information content (AvgIpc) is 2.27. The Hall–Kier alpha value is -0.610. The van der Waals surface area contributed by atoms with Crippen LogP contribution in [0.3, 0.4) is 0 Å². The van der Waals surface area contributed by atoms with Crippen LogP contribution in [0.5, 0.6) is 0 Å². The number of nitrogens with one attached hydrogen (secondary N) is 1. The van der Waals surface area contributed by atoms with Crippen molar-refractivity contribution < 1.29 is 9.53 Å². The summed E-state index contributed by atoms with van der Waals surface area (Å²) in [6.45, 7) is 6.83. The number of ether oxygens (including phenoxy) is 1. The second-order valence-electron chi connectivity index (χ2n) is 5.59. The SMILES string of the molecule is COC(C)(C)CC(C)NC(=O)CCCCCCN. The van der Waals surface area contributed by atoms with Crippen LogP contribution >= 0.6 is 0 Å². The van der Waals surface area contributed by atoms with Crippen molar-refractivity contribution in [3.63, 3.8) is 0 Å². The van der Waals surface area contributed by atoms with Crippen molar-refractivity contribution in [3.05, 3.63) is 0 Å². The zero-order valence-corrected chi connectivity index (χ0v) is 12.4. The Labute approximate surface area is 112 Å². The number of hydrogen-bond acceptors (Lipinski definition) is 3. The lowest BCUT2D eigenvalue weighted by atomic mass is 9.99. The molecule has 1 amide bonds. The van der Waals surface area contributed by atoms with E-state index in [2.05, 4.69) is 5.32 Å². The van der Waals surface area contributed by atoms with Crippen LogP contribution in [-0.4, -0.2) is 31.2 Å². The van der Waals surface area contributed by atoms with Gasteiger partial charge in [0.15, 0.2) is 0 Å². The van der Waals surface area contributed by atoms with Gasteiger partial charge in [0.25, 0.3) is 0 Å². The maximum Gasteiger partial charge on any atom is 0.220 e. The van der Waals surface area contributed by atoms with Crippen LogP contribution in [0.2, 0.25) is 0 Å². The van der Waals surface area contributed by atoms with E-state index < -0.39 is 0 Å². The fourth-order valence-corrected chi connectivity index (χ4v) is 2.00. The molecule has 3 N–H and O–H groups in total. The monoisotopic (exact) mass is 258 g/mol. The van der Waals surface area contributed by atoms with E-state index in [0.717, 1.165) is 38.6 Å². The zero-order chi connectivity index (χ0) is 14.0. The molecule has 0 heterocycles. The minimum atomic E-state index is -0.187. The lowest BCUT2D eigenvalue weighted by Crippen LogP contribution is -2.38. The zero-order valence-electron chi connectivity index (χ0n) is 12.4. The quantitative estimate of drug-likeness (QED) is 0.591. The summed E-state index contributed by atoms with van der Waals surface area (Å²) in [5.74, 6) is 0.141. The summed E-state index contributed by atoms with van der Waals surface area (Å²) < 4.78 is 5.35. The lowest BCUT2D eigenvalue weighted by molar-refractivity contribution is -0.122. The molecule has 18 heavy (non-hydrogen) atoms. The molecular formula is C14H30N2O2. The summed E-state index contributed by atoms with van der Waals surface area (Å²) in [6, 6.07) is 0.150. The highest BCUT2D eigenvalue weighted by atomic mass is 16.5. The first-order valence-corrected chi connectivity index (χ1v) is 6.96. The molecule has 0 aromatic rings. The van der Waals surface area contributed by atoms with Gasteiger partial charge in [0.1, 0.15) is 0 Å². The average molecular weight is 258 g/mol. The molecule has 0 radical (unpaired) electrons. The number of carbonyl (C=O) groups is 1. The highest BCUT2D eigenvalue weighted by molar-refractivity contribution is 5.76. The predicted molar refractivity (Wildman–Crippen MR) is 75.4 cm³/mol. The molecule has 0 bridgehead atoms. The van der Waals surface area contributed by atoms with Crippen molar-refractivity contribution >= 4 is 5.91 Å². The van der Waals surface area contributed by atoms with E-state index in [1.54, 1.807) is 7.11 Å². The summed E-state index contributed by atoms with van der Waals surface area (Å²) in [5, 5.41) is 3.02. The van der Waals surface area contributed by atoms with E-state index in [9.17, 15) is 4.79 Å². The second kappa shape index (κ2) is 9.34. The summed E-state index contributed by atoms with van der Waals surface area (Å²) in [6.07, 6.45) is 5.65. The lowest BCUT2D eigenvalue weighted by Gasteiger charge is -2.27. The maximum absolute atomic E-state index is 11.7. The fraction of sp³-hybridized carbons (Fsp3) is 0.929. The Bertz CT molecular complexity index is 230. The summed E-state index contributed by atoms with van der Waals surface area (Å²) in [4.78, 5) is 11.7. The van der Waals surface area contributed by atoms with Crippen molar-refractivity contribution in [3.8, 4) is 0 Å². The van der Waals surface area contributed by atoms with Gasteiger partial charge in [-0.2, -0.15) is 0 Å². The summed E-state index contributed by atoms with van der Waals surface area (Å²) >= 11 is 0. The molecule has 0 saturated carbocycles. The number of rotatable bonds is 10. The van der Waals surface area contributed by atoms with E-state index in [4.69, 9.17) is 10.5 Å². The fourth-order valence-electron chi connectivity index (χ4n) is 2.00. The van der Waals surface area contributed by atoms with E-state index >= 15 is 0 Å². The van der Waals surface area contributed by atoms with Crippen LogP contribution < -0.4 is 11.1 Å². The minimum Gasteiger partial charge on any atom is -0.379 e. The van der Waals surface area contributed by atoms with Crippen molar-refractivity contribution in [1.82, 2.24) is 5.32 Å². The first kappa shape index (κ1) is 17.4. The van der Waals surface area contributed by atoms with E-state index in [1.807, 2.05) is 20.8 Å². The number of methoxy groups -OCH3 is 1. The van der Waals surface area contributed by atoms with Gasteiger partial charge in [0.05, 0.1) is 5.60 Å². The molecule has 0 spiro atoms. The van der Waals surface area contributed by atoms with Gasteiger partial charge in [-0.25, -0.2) is 0 Å². The van der Waals surface area contributed by atoms with Gasteiger partial charge < -0.3 is 15.8 Å². The molecular weight excluding hydrogens is 228 g/mol. The normalized spacial score (nSPS) is 13.4. The third-order valence-corrected chi connectivity index (χ3v) is 3.12. The molecule has 0 aliphatic heterocycles. The third-order valence-electron chi connectivity index (χ3n) is 3.12. The second-order valence-corrected chi connectivity index (χ2v) is 5.59. The van der Waals surface area contributed by atoms with Gasteiger partial charge >= 0.3 is 0 Å². The minimum absolute atomic E-state index is 0.141. The van der Waals surface area contributed by atoms with Crippen molar-refractivity contribution in [2.75, 3.05) is 13.7 Å². The van der Waals surface area contributed by atoms with Crippen LogP contribution in [-0.2, 0) is 9.53 Å². The molecule has 0 rings (SSSR count). The Kier molecular flexibility index (Phi) is 9.02. The molecule has 0 saturated heterocycles. The van der Waals surface area contributed by atoms with Gasteiger partial charge in [-0.1, -0.05) is 12.8 Å². The third kappa shape index (κ3) is 9.42. The first-order chi connectivity index (χ1) is 8.41. The highest BCUT2D eigenvalue weighted by Gasteiger charge is 2.20. The van der Waals surface area contributed by atoms with Gasteiger partial charge in [0, 0.05) is 19.6 Å². The molecule has 1 unspecified atom stereocenters. The van der Waals surface area contributed by atoms with Gasteiger partial charge in [0.2, 0.25) is 5.91 Å². The molecule has 4 nitrogen and oxygen atoms in total. The van der Waals surface area contributed by atoms with Crippen LogP contribution in [0, 0.1) is 0 Å². The standard InChI is InChI=1S/C14H30N2O2/c1-12(11-14(2,3)18-4)16-13(17)9-7-5-6-8-10-15/h12H,5-11,15H2,1-4H3,(H,16,17). The number of amides is 1. The largest absolute Gasteiger partial charge is 0.379 e. The number of unbranched alkanes of at least 4 members (excludes halogenated alkanes) is 3. The number of carbonyl (C=O) groups excluding carboxylic acids is 1. The van der Waals surface area contributed by atoms with Crippen molar-refractivity contribution in [1.29, 1.82) is 0 Å². The Balaban J connectivity index is 3.68. The molecule has 4 heteroatoms. The Morgan fingerprint density at radius 2 is 1.89 bits per heavy atom. The Morgan fingerprint density at radius 1 is 1.28 bits per heavy atom. The molecule has 0 aromatic heterocycles. The molecule has 1 atom stereocenters. The molecule has 0 fully saturated rings. The van der Waals surface area contributed by atoms with Crippen molar-refractivity contribution in [2.45, 2.75) is 70.9 Å². The number of hydrogen-bond donors (Lipinski definition) is 2. The van der Waals surface area contributed by atoms with E-state index in [0.29, 0.717) is 6.42 Å². The molecule has 108 valence electrons. The summed E-state index contributed by atoms with van der Waals surface area (Å²) in [7, 11) is 1.70. The van der Waals surface area contributed by atoms with E-state index in [-0.39, 0.29) is 17.6 Å².